The second-order valence-corrected chi connectivity index (χ2v) is 5.07. The average molecular weight is 311 g/mol. The molecule has 1 aromatic carbocycles. The smallest absolute Gasteiger partial charge is 0.305 e. The Balaban J connectivity index is 1.92. The fourth-order valence-electron chi connectivity index (χ4n) is 2.03. The van der Waals surface area contributed by atoms with Crippen LogP contribution in [-0.4, -0.2) is 36.1 Å². The molecular weight excluding hydrogens is 294 g/mol. The number of hydrogen-bond acceptors (Lipinski definition) is 5. The first kappa shape index (κ1) is 15.5. The standard InChI is InChI=1S/C14H17NO5S/c16-13(17)3-4-15-14(18)10(7-21)5-9-1-2-11-12(6-9)20-8-19-11/h1-2,6,10,21H,3-5,7-8H2,(H,15,18)(H,16,17)/t10-/m1/s1. The Labute approximate surface area is 127 Å². The third kappa shape index (κ3) is 4.29. The van der Waals surface area contributed by atoms with E-state index in [-0.39, 0.29) is 31.6 Å². The molecule has 2 rings (SSSR count). The summed E-state index contributed by atoms with van der Waals surface area (Å²) in [4.78, 5) is 22.4. The van der Waals surface area contributed by atoms with E-state index in [1.807, 2.05) is 18.2 Å². The van der Waals surface area contributed by atoms with Crippen LogP contribution < -0.4 is 14.8 Å². The van der Waals surface area contributed by atoms with Crippen molar-refractivity contribution in [1.82, 2.24) is 5.32 Å². The zero-order valence-corrected chi connectivity index (χ0v) is 12.3. The van der Waals surface area contributed by atoms with Crippen molar-refractivity contribution in [2.24, 2.45) is 5.92 Å². The number of fused-ring (bicyclic) bond motifs is 1. The van der Waals surface area contributed by atoms with E-state index in [2.05, 4.69) is 17.9 Å². The highest BCUT2D eigenvalue weighted by Crippen LogP contribution is 2.33. The van der Waals surface area contributed by atoms with Crippen molar-refractivity contribution in [2.45, 2.75) is 12.8 Å². The lowest BCUT2D eigenvalue weighted by molar-refractivity contribution is -0.137. The summed E-state index contributed by atoms with van der Waals surface area (Å²) in [5.41, 5.74) is 0.951. The number of carbonyl (C=O) groups is 2. The molecule has 1 amide bonds. The fourth-order valence-corrected chi connectivity index (χ4v) is 2.32. The summed E-state index contributed by atoms with van der Waals surface area (Å²) in [6.45, 7) is 0.337. The minimum absolute atomic E-state index is 0.0882. The van der Waals surface area contributed by atoms with Gasteiger partial charge in [-0.3, -0.25) is 9.59 Å². The molecule has 0 spiro atoms. The molecule has 21 heavy (non-hydrogen) atoms. The third-order valence-electron chi connectivity index (χ3n) is 3.15. The number of thiol groups is 1. The van der Waals surface area contributed by atoms with E-state index in [1.165, 1.54) is 0 Å². The van der Waals surface area contributed by atoms with Gasteiger partial charge in [0, 0.05) is 12.3 Å². The van der Waals surface area contributed by atoms with Crippen LogP contribution in [0.1, 0.15) is 12.0 Å². The Bertz CT molecular complexity index is 534. The second kappa shape index (κ2) is 7.21. The van der Waals surface area contributed by atoms with Crippen LogP contribution in [0.3, 0.4) is 0 Å². The Morgan fingerprint density at radius 1 is 1.33 bits per heavy atom. The number of carboxylic acids is 1. The lowest BCUT2D eigenvalue weighted by Gasteiger charge is -2.14. The first-order valence-electron chi connectivity index (χ1n) is 6.59. The van der Waals surface area contributed by atoms with Crippen molar-refractivity contribution in [3.8, 4) is 11.5 Å². The van der Waals surface area contributed by atoms with E-state index in [0.717, 1.165) is 5.56 Å². The number of hydrogen-bond donors (Lipinski definition) is 3. The first-order valence-corrected chi connectivity index (χ1v) is 7.22. The molecule has 0 aliphatic carbocycles. The molecule has 1 aliphatic rings. The maximum atomic E-state index is 12.0. The van der Waals surface area contributed by atoms with Crippen molar-refractivity contribution in [2.75, 3.05) is 19.1 Å². The van der Waals surface area contributed by atoms with E-state index in [9.17, 15) is 9.59 Å². The third-order valence-corrected chi connectivity index (χ3v) is 3.59. The molecule has 1 atom stereocenters. The van der Waals surface area contributed by atoms with Crippen LogP contribution in [0.4, 0.5) is 0 Å². The summed E-state index contributed by atoms with van der Waals surface area (Å²) in [5, 5.41) is 11.2. The summed E-state index contributed by atoms with van der Waals surface area (Å²) in [6, 6.07) is 5.55. The minimum atomic E-state index is -0.937. The second-order valence-electron chi connectivity index (χ2n) is 4.71. The molecule has 0 unspecified atom stereocenters. The zero-order valence-electron chi connectivity index (χ0n) is 11.4. The number of carbonyl (C=O) groups excluding carboxylic acids is 1. The van der Waals surface area contributed by atoms with Gasteiger partial charge in [-0.2, -0.15) is 12.6 Å². The molecule has 0 aromatic heterocycles. The lowest BCUT2D eigenvalue weighted by atomic mass is 9.99. The number of aliphatic carboxylic acids is 1. The molecule has 0 bridgehead atoms. The minimum Gasteiger partial charge on any atom is -0.481 e. The van der Waals surface area contributed by atoms with E-state index in [1.54, 1.807) is 0 Å². The molecule has 7 heteroatoms. The Hall–Kier alpha value is -1.89. The van der Waals surface area contributed by atoms with Gasteiger partial charge in [-0.25, -0.2) is 0 Å². The molecule has 0 saturated heterocycles. The van der Waals surface area contributed by atoms with E-state index in [4.69, 9.17) is 14.6 Å². The molecule has 114 valence electrons. The van der Waals surface area contributed by atoms with Crippen molar-refractivity contribution < 1.29 is 24.2 Å². The maximum absolute atomic E-state index is 12.0. The maximum Gasteiger partial charge on any atom is 0.305 e. The molecule has 0 fully saturated rings. The summed E-state index contributed by atoms with van der Waals surface area (Å²) < 4.78 is 10.5. The first-order chi connectivity index (χ1) is 10.1. The highest BCUT2D eigenvalue weighted by atomic mass is 32.1. The number of carboxylic acid groups (broad SMARTS) is 1. The topological polar surface area (TPSA) is 84.9 Å². The highest BCUT2D eigenvalue weighted by molar-refractivity contribution is 7.80. The quantitative estimate of drug-likeness (QED) is 0.657. The molecule has 1 aliphatic heterocycles. The zero-order chi connectivity index (χ0) is 15.2. The molecular formula is C14H17NO5S. The summed E-state index contributed by atoms with van der Waals surface area (Å²) in [6.07, 6.45) is 0.425. The van der Waals surface area contributed by atoms with Crippen LogP contribution in [0.25, 0.3) is 0 Å². The number of nitrogens with one attached hydrogen (secondary N) is 1. The number of rotatable bonds is 7. The van der Waals surface area contributed by atoms with Gasteiger partial charge in [0.15, 0.2) is 11.5 Å². The molecule has 0 radical (unpaired) electrons. The van der Waals surface area contributed by atoms with Gasteiger partial charge in [-0.1, -0.05) is 6.07 Å². The SMILES string of the molecule is O=C(O)CCNC(=O)[C@@H](CS)Cc1ccc2c(c1)OCO2. The number of ether oxygens (including phenoxy) is 2. The van der Waals surface area contributed by atoms with Gasteiger partial charge in [-0.15, -0.1) is 0 Å². The van der Waals surface area contributed by atoms with Crippen LogP contribution in [0.2, 0.25) is 0 Å². The monoisotopic (exact) mass is 311 g/mol. The van der Waals surface area contributed by atoms with E-state index < -0.39 is 5.97 Å². The van der Waals surface area contributed by atoms with Gasteiger partial charge in [-0.05, 0) is 24.1 Å². The van der Waals surface area contributed by atoms with Crippen molar-refractivity contribution >= 4 is 24.5 Å². The van der Waals surface area contributed by atoms with Crippen molar-refractivity contribution in [3.05, 3.63) is 23.8 Å². The highest BCUT2D eigenvalue weighted by Gasteiger charge is 2.19. The number of benzene rings is 1. The molecule has 1 aromatic rings. The lowest BCUT2D eigenvalue weighted by Crippen LogP contribution is -2.34. The van der Waals surface area contributed by atoms with Crippen LogP contribution in [0.5, 0.6) is 11.5 Å². The van der Waals surface area contributed by atoms with Gasteiger partial charge in [0.2, 0.25) is 12.7 Å². The van der Waals surface area contributed by atoms with E-state index in [0.29, 0.717) is 23.7 Å². The fraction of sp³-hybridized carbons (Fsp3) is 0.429. The normalized spacial score (nSPS) is 13.8. The molecule has 6 nitrogen and oxygen atoms in total. The largest absolute Gasteiger partial charge is 0.481 e. The Morgan fingerprint density at radius 2 is 2.10 bits per heavy atom. The van der Waals surface area contributed by atoms with Crippen LogP contribution in [0, 0.1) is 5.92 Å². The number of amides is 1. The molecule has 0 saturated carbocycles. The molecule has 2 N–H and O–H groups in total. The predicted octanol–water partition coefficient (Wildman–Crippen LogP) is 1.09. The van der Waals surface area contributed by atoms with E-state index >= 15 is 0 Å². The molecule has 1 heterocycles. The van der Waals surface area contributed by atoms with Gasteiger partial charge >= 0.3 is 5.97 Å². The summed E-state index contributed by atoms with van der Waals surface area (Å²) in [7, 11) is 0. The van der Waals surface area contributed by atoms with Crippen LogP contribution >= 0.6 is 12.6 Å². The van der Waals surface area contributed by atoms with Gasteiger partial charge < -0.3 is 19.9 Å². The van der Waals surface area contributed by atoms with Gasteiger partial charge in [0.25, 0.3) is 0 Å². The van der Waals surface area contributed by atoms with Crippen LogP contribution in [0.15, 0.2) is 18.2 Å². The van der Waals surface area contributed by atoms with Gasteiger partial charge in [0.05, 0.1) is 12.3 Å². The Kier molecular flexibility index (Phi) is 5.32. The Morgan fingerprint density at radius 3 is 2.81 bits per heavy atom. The summed E-state index contributed by atoms with van der Waals surface area (Å²) >= 11 is 4.20. The summed E-state index contributed by atoms with van der Waals surface area (Å²) in [5.74, 6) is 0.316. The predicted molar refractivity (Wildman–Crippen MR) is 78.9 cm³/mol. The van der Waals surface area contributed by atoms with Gasteiger partial charge in [0.1, 0.15) is 0 Å². The van der Waals surface area contributed by atoms with Crippen LogP contribution in [-0.2, 0) is 16.0 Å². The van der Waals surface area contributed by atoms with Crippen molar-refractivity contribution in [1.29, 1.82) is 0 Å². The van der Waals surface area contributed by atoms with Crippen molar-refractivity contribution in [3.63, 3.8) is 0 Å². The average Bonchev–Trinajstić information content (AvgIpc) is 2.91.